The minimum atomic E-state index is -0.196. The van der Waals surface area contributed by atoms with E-state index in [0.717, 1.165) is 42.4 Å². The van der Waals surface area contributed by atoms with Gasteiger partial charge in [-0.1, -0.05) is 0 Å². The normalized spacial score (nSPS) is 22.9. The molecule has 1 aliphatic carbocycles. The summed E-state index contributed by atoms with van der Waals surface area (Å²) in [6.45, 7) is 0. The van der Waals surface area contributed by atoms with Crippen LogP contribution in [0.25, 0.3) is 11.0 Å². The maximum absolute atomic E-state index is 10.8. The third-order valence-electron chi connectivity index (χ3n) is 4.11. The summed E-state index contributed by atoms with van der Waals surface area (Å²) >= 11 is 0. The number of nitrogens with one attached hydrogen (secondary N) is 1. The summed E-state index contributed by atoms with van der Waals surface area (Å²) in [5.74, 6) is 0.888. The highest BCUT2D eigenvalue weighted by Crippen LogP contribution is 2.41. The molecule has 0 bridgehead atoms. The number of fused-ring (bicyclic) bond motifs is 1. The molecule has 0 saturated heterocycles. The van der Waals surface area contributed by atoms with Crippen molar-refractivity contribution in [3.8, 4) is 0 Å². The van der Waals surface area contributed by atoms with Crippen LogP contribution in [0.4, 0.5) is 0 Å². The van der Waals surface area contributed by atoms with Crippen LogP contribution in [0, 0.1) is 5.92 Å². The lowest BCUT2D eigenvalue weighted by Gasteiger charge is -2.11. The van der Waals surface area contributed by atoms with E-state index in [1.165, 1.54) is 0 Å². The zero-order valence-corrected chi connectivity index (χ0v) is 10.8. The highest BCUT2D eigenvalue weighted by Gasteiger charge is 2.28. The molecule has 5 nitrogen and oxygen atoms in total. The number of H-pyrrole nitrogens is 1. The van der Waals surface area contributed by atoms with E-state index in [2.05, 4.69) is 15.0 Å². The van der Waals surface area contributed by atoms with E-state index >= 15 is 0 Å². The van der Waals surface area contributed by atoms with Crippen molar-refractivity contribution in [2.45, 2.75) is 38.0 Å². The van der Waals surface area contributed by atoms with Crippen molar-refractivity contribution >= 4 is 16.9 Å². The van der Waals surface area contributed by atoms with E-state index in [4.69, 9.17) is 5.73 Å². The Morgan fingerprint density at radius 3 is 3.16 bits per heavy atom. The molecular weight excluding hydrogens is 240 g/mol. The zero-order chi connectivity index (χ0) is 13.2. The van der Waals surface area contributed by atoms with Crippen molar-refractivity contribution in [1.82, 2.24) is 15.0 Å². The Morgan fingerprint density at radius 2 is 2.32 bits per heavy atom. The van der Waals surface area contributed by atoms with Crippen LogP contribution >= 0.6 is 0 Å². The number of carbonyl (C=O) groups excluding carboxylic acids is 1. The first-order valence-corrected chi connectivity index (χ1v) is 6.80. The molecule has 2 atom stereocenters. The van der Waals surface area contributed by atoms with Crippen LogP contribution in [-0.4, -0.2) is 20.9 Å². The van der Waals surface area contributed by atoms with Crippen molar-refractivity contribution in [1.29, 1.82) is 0 Å². The second-order valence-corrected chi connectivity index (χ2v) is 5.38. The van der Waals surface area contributed by atoms with E-state index in [-0.39, 0.29) is 5.91 Å². The molecule has 0 aliphatic heterocycles. The molecule has 2 aromatic heterocycles. The Bertz CT molecular complexity index is 592. The fourth-order valence-electron chi connectivity index (χ4n) is 3.15. The Labute approximate surface area is 111 Å². The average molecular weight is 258 g/mol. The van der Waals surface area contributed by atoms with Crippen molar-refractivity contribution in [3.05, 3.63) is 24.3 Å². The lowest BCUT2D eigenvalue weighted by atomic mass is 9.97. The minimum Gasteiger partial charge on any atom is -0.370 e. The van der Waals surface area contributed by atoms with Crippen molar-refractivity contribution in [2.75, 3.05) is 0 Å². The Morgan fingerprint density at radius 1 is 1.42 bits per heavy atom. The second-order valence-electron chi connectivity index (χ2n) is 5.38. The third kappa shape index (κ3) is 2.45. The van der Waals surface area contributed by atoms with Gasteiger partial charge in [-0.3, -0.25) is 4.79 Å². The molecule has 2 unspecified atom stereocenters. The predicted octanol–water partition coefficient (Wildman–Crippen LogP) is 2.11. The van der Waals surface area contributed by atoms with Gasteiger partial charge in [0.15, 0.2) is 0 Å². The van der Waals surface area contributed by atoms with Gasteiger partial charge in [-0.25, -0.2) is 9.97 Å². The first kappa shape index (κ1) is 12.1. The summed E-state index contributed by atoms with van der Waals surface area (Å²) in [5, 5.41) is 1.13. The number of nitrogens with two attached hydrogens (primary N) is 1. The van der Waals surface area contributed by atoms with Crippen LogP contribution in [0.5, 0.6) is 0 Å². The highest BCUT2D eigenvalue weighted by molar-refractivity contribution is 5.78. The van der Waals surface area contributed by atoms with Crippen molar-refractivity contribution in [3.63, 3.8) is 0 Å². The second kappa shape index (κ2) is 4.99. The van der Waals surface area contributed by atoms with E-state index in [1.807, 2.05) is 12.3 Å². The largest absolute Gasteiger partial charge is 0.370 e. The van der Waals surface area contributed by atoms with Gasteiger partial charge in [-0.15, -0.1) is 0 Å². The molecule has 2 aromatic rings. The topological polar surface area (TPSA) is 84.7 Å². The zero-order valence-electron chi connectivity index (χ0n) is 10.8. The quantitative estimate of drug-likeness (QED) is 0.880. The summed E-state index contributed by atoms with van der Waals surface area (Å²) < 4.78 is 0. The van der Waals surface area contributed by atoms with E-state index in [1.54, 1.807) is 6.33 Å². The van der Waals surface area contributed by atoms with Gasteiger partial charge in [0, 0.05) is 23.9 Å². The van der Waals surface area contributed by atoms with Crippen LogP contribution in [0.2, 0.25) is 0 Å². The van der Waals surface area contributed by atoms with E-state index in [9.17, 15) is 4.79 Å². The summed E-state index contributed by atoms with van der Waals surface area (Å²) in [5.41, 5.74) is 7.27. The maximum Gasteiger partial charge on any atom is 0.217 e. The molecular formula is C14H18N4O. The van der Waals surface area contributed by atoms with Crippen molar-refractivity contribution < 1.29 is 4.79 Å². The molecule has 1 fully saturated rings. The smallest absolute Gasteiger partial charge is 0.217 e. The molecule has 19 heavy (non-hydrogen) atoms. The number of aromatic amines is 1. The number of hydrogen-bond acceptors (Lipinski definition) is 3. The first-order chi connectivity index (χ1) is 9.24. The molecule has 5 heteroatoms. The van der Waals surface area contributed by atoms with Crippen LogP contribution in [0.15, 0.2) is 18.6 Å². The summed E-state index contributed by atoms with van der Waals surface area (Å²) in [6.07, 6.45) is 8.35. The molecule has 1 aliphatic rings. The molecule has 3 N–H and O–H groups in total. The number of carbonyl (C=O) groups is 1. The standard InChI is InChI=1S/C14H18N4O/c15-12(19)4-2-9-1-3-10(7-9)13-11-5-6-16-14(11)18-8-17-13/h5-6,8-10H,1-4,7H2,(H2,15,19)(H,16,17,18). The molecule has 0 radical (unpaired) electrons. The molecule has 2 heterocycles. The highest BCUT2D eigenvalue weighted by atomic mass is 16.1. The number of amides is 1. The van der Waals surface area contributed by atoms with Gasteiger partial charge >= 0.3 is 0 Å². The molecule has 1 amide bonds. The summed E-state index contributed by atoms with van der Waals surface area (Å²) in [4.78, 5) is 22.7. The van der Waals surface area contributed by atoms with Crippen LogP contribution in [-0.2, 0) is 4.79 Å². The van der Waals surface area contributed by atoms with Crippen LogP contribution < -0.4 is 5.73 Å². The fraction of sp³-hybridized carbons (Fsp3) is 0.500. The number of nitrogens with zero attached hydrogens (tertiary/aromatic N) is 2. The lowest BCUT2D eigenvalue weighted by Crippen LogP contribution is -2.11. The van der Waals surface area contributed by atoms with Gasteiger partial charge in [0.1, 0.15) is 12.0 Å². The molecule has 1 saturated carbocycles. The molecule has 3 rings (SSSR count). The Kier molecular flexibility index (Phi) is 3.19. The van der Waals surface area contributed by atoms with Crippen LogP contribution in [0.3, 0.4) is 0 Å². The monoisotopic (exact) mass is 258 g/mol. The van der Waals surface area contributed by atoms with Gasteiger partial charge in [-0.05, 0) is 37.7 Å². The summed E-state index contributed by atoms with van der Waals surface area (Å²) in [7, 11) is 0. The fourth-order valence-corrected chi connectivity index (χ4v) is 3.15. The van der Waals surface area contributed by atoms with E-state index in [0.29, 0.717) is 18.3 Å². The van der Waals surface area contributed by atoms with Crippen LogP contribution in [0.1, 0.15) is 43.7 Å². The number of hydrogen-bond donors (Lipinski definition) is 2. The van der Waals surface area contributed by atoms with Gasteiger partial charge in [0.2, 0.25) is 5.91 Å². The first-order valence-electron chi connectivity index (χ1n) is 6.80. The Balaban J connectivity index is 1.74. The Hall–Kier alpha value is -1.91. The average Bonchev–Trinajstić information content (AvgIpc) is 3.04. The number of rotatable bonds is 4. The van der Waals surface area contributed by atoms with Gasteiger partial charge in [0.25, 0.3) is 0 Å². The number of aromatic nitrogens is 3. The van der Waals surface area contributed by atoms with Gasteiger partial charge in [0.05, 0.1) is 5.69 Å². The van der Waals surface area contributed by atoms with Crippen molar-refractivity contribution in [2.24, 2.45) is 11.7 Å². The predicted molar refractivity (Wildman–Crippen MR) is 72.4 cm³/mol. The minimum absolute atomic E-state index is 0.196. The number of primary amides is 1. The van der Waals surface area contributed by atoms with Gasteiger partial charge < -0.3 is 10.7 Å². The van der Waals surface area contributed by atoms with Gasteiger partial charge in [-0.2, -0.15) is 0 Å². The molecule has 0 spiro atoms. The maximum atomic E-state index is 10.8. The SMILES string of the molecule is NC(=O)CCC1CCC(c2ncnc3[nH]ccc23)C1. The molecule has 0 aromatic carbocycles. The third-order valence-corrected chi connectivity index (χ3v) is 4.11. The van der Waals surface area contributed by atoms with E-state index < -0.39 is 0 Å². The molecule has 100 valence electrons. The summed E-state index contributed by atoms with van der Waals surface area (Å²) in [6, 6.07) is 2.04. The lowest BCUT2D eigenvalue weighted by molar-refractivity contribution is -0.118.